The molecule has 1 atom stereocenters. The lowest BCUT2D eigenvalue weighted by atomic mass is 10.1. The molecule has 34 heavy (non-hydrogen) atoms. The third kappa shape index (κ3) is 5.07. The monoisotopic (exact) mass is 507 g/mol. The first kappa shape index (κ1) is 24.5. The number of halogens is 1. The summed E-state index contributed by atoms with van der Waals surface area (Å²) in [5, 5.41) is 7.49. The topological polar surface area (TPSA) is 97.9 Å². The van der Waals surface area contributed by atoms with Gasteiger partial charge in [-0.25, -0.2) is 9.48 Å². The largest absolute Gasteiger partial charge is 0.444 e. The van der Waals surface area contributed by atoms with Crippen LogP contribution in [-0.2, 0) is 16.1 Å². The van der Waals surface area contributed by atoms with E-state index in [1.165, 1.54) is 16.0 Å². The van der Waals surface area contributed by atoms with E-state index >= 15 is 0 Å². The van der Waals surface area contributed by atoms with Gasteiger partial charge in [0, 0.05) is 25.0 Å². The molecule has 11 heteroatoms. The number of rotatable bonds is 4. The van der Waals surface area contributed by atoms with Crippen LogP contribution in [0.5, 0.6) is 0 Å². The molecule has 2 amide bonds. The molecule has 0 spiro atoms. The van der Waals surface area contributed by atoms with Crippen LogP contribution in [0.1, 0.15) is 59.2 Å². The Morgan fingerprint density at radius 2 is 2.03 bits per heavy atom. The van der Waals surface area contributed by atoms with Gasteiger partial charge in [0.2, 0.25) is 5.91 Å². The van der Waals surface area contributed by atoms with E-state index < -0.39 is 5.60 Å². The fraction of sp³-hybridized carbons (Fsp3) is 0.565. The predicted molar refractivity (Wildman–Crippen MR) is 133 cm³/mol. The first-order chi connectivity index (χ1) is 15.9. The van der Waals surface area contributed by atoms with Crippen LogP contribution in [0.3, 0.4) is 0 Å². The molecule has 1 saturated heterocycles. The van der Waals surface area contributed by atoms with Gasteiger partial charge in [-0.05, 0) is 45.7 Å². The molecule has 4 rings (SSSR count). The zero-order chi connectivity index (χ0) is 24.8. The highest BCUT2D eigenvalue weighted by Crippen LogP contribution is 2.32. The molecule has 0 saturated carbocycles. The van der Waals surface area contributed by atoms with Crippen LogP contribution in [0.25, 0.3) is 15.7 Å². The number of thiophene rings is 1. The Bertz CT molecular complexity index is 1300. The van der Waals surface area contributed by atoms with E-state index in [0.29, 0.717) is 28.8 Å². The van der Waals surface area contributed by atoms with Crippen LogP contribution in [0.2, 0.25) is 4.34 Å². The second-order valence-electron chi connectivity index (χ2n) is 9.97. The summed E-state index contributed by atoms with van der Waals surface area (Å²) in [7, 11) is 0. The Kier molecular flexibility index (Phi) is 6.65. The molecule has 1 aliphatic rings. The third-order valence-electron chi connectivity index (χ3n) is 5.61. The maximum absolute atomic E-state index is 13.2. The number of likely N-dealkylation sites (tertiary alicyclic amines) is 1. The molecule has 9 nitrogen and oxygen atoms in total. The number of carbonyl (C=O) groups excluding carboxylic acids is 2. The molecule has 3 aromatic rings. The van der Waals surface area contributed by atoms with Crippen molar-refractivity contribution in [2.24, 2.45) is 0 Å². The van der Waals surface area contributed by atoms with Gasteiger partial charge in [0.1, 0.15) is 23.5 Å². The highest BCUT2D eigenvalue weighted by atomic mass is 35.5. The average Bonchev–Trinajstić information content (AvgIpc) is 3.25. The number of ether oxygens (including phenoxy) is 1. The molecule has 1 aliphatic heterocycles. The van der Waals surface area contributed by atoms with Crippen molar-refractivity contribution in [2.75, 3.05) is 13.1 Å². The average molecular weight is 508 g/mol. The molecule has 1 fully saturated rings. The molecule has 184 valence electrons. The van der Waals surface area contributed by atoms with E-state index in [-0.39, 0.29) is 36.1 Å². The van der Waals surface area contributed by atoms with E-state index in [2.05, 4.69) is 10.4 Å². The van der Waals surface area contributed by atoms with Crippen molar-refractivity contribution in [2.45, 2.75) is 71.6 Å². The number of carbonyl (C=O) groups is 2. The zero-order valence-electron chi connectivity index (χ0n) is 20.1. The van der Waals surface area contributed by atoms with E-state index in [4.69, 9.17) is 16.3 Å². The molecule has 0 radical (unpaired) electrons. The first-order valence-electron chi connectivity index (χ1n) is 11.4. The van der Waals surface area contributed by atoms with Gasteiger partial charge in [-0.15, -0.1) is 11.3 Å². The van der Waals surface area contributed by atoms with Crippen molar-refractivity contribution in [1.29, 1.82) is 0 Å². The van der Waals surface area contributed by atoms with E-state index in [0.717, 1.165) is 23.1 Å². The fourth-order valence-electron chi connectivity index (χ4n) is 4.19. The van der Waals surface area contributed by atoms with Gasteiger partial charge in [0.25, 0.3) is 5.56 Å². The summed E-state index contributed by atoms with van der Waals surface area (Å²) in [6, 6.07) is 3.42. The quantitative estimate of drug-likeness (QED) is 0.575. The zero-order valence-corrected chi connectivity index (χ0v) is 21.6. The number of piperidine rings is 1. The number of hydrogen-bond acceptors (Lipinski definition) is 6. The van der Waals surface area contributed by atoms with Crippen molar-refractivity contribution in [1.82, 2.24) is 24.4 Å². The Balaban J connectivity index is 1.52. The molecule has 0 bridgehead atoms. The Labute approximate surface area is 206 Å². The Morgan fingerprint density at radius 1 is 1.29 bits per heavy atom. The summed E-state index contributed by atoms with van der Waals surface area (Å²) in [4.78, 5) is 40.0. The molecule has 1 N–H and O–H groups in total. The summed E-state index contributed by atoms with van der Waals surface area (Å²) < 4.78 is 10.1. The van der Waals surface area contributed by atoms with Crippen molar-refractivity contribution in [3.05, 3.63) is 32.6 Å². The van der Waals surface area contributed by atoms with Crippen molar-refractivity contribution < 1.29 is 14.3 Å². The van der Waals surface area contributed by atoms with Gasteiger partial charge in [-0.1, -0.05) is 25.4 Å². The second kappa shape index (κ2) is 9.22. The third-order valence-corrected chi connectivity index (χ3v) is 6.81. The first-order valence-corrected chi connectivity index (χ1v) is 12.6. The number of hydrogen-bond donors (Lipinski definition) is 1. The van der Waals surface area contributed by atoms with Gasteiger partial charge >= 0.3 is 6.09 Å². The lowest BCUT2D eigenvalue weighted by Crippen LogP contribution is -2.51. The van der Waals surface area contributed by atoms with Gasteiger partial charge in [0.05, 0.1) is 14.6 Å². The summed E-state index contributed by atoms with van der Waals surface area (Å²) in [5.41, 5.74) is 0.404. The molecular weight excluding hydrogens is 478 g/mol. The maximum Gasteiger partial charge on any atom is 0.410 e. The minimum Gasteiger partial charge on any atom is -0.444 e. The SMILES string of the molecule is CC(C)c1nn(CC(=O)N[C@@H]2CCCN(C(=O)OC(C)(C)C)C2)c(=O)c2cc3sc(Cl)cc3n12. The summed E-state index contributed by atoms with van der Waals surface area (Å²) >= 11 is 7.57. The molecule has 3 aromatic heterocycles. The molecule has 4 heterocycles. The molecule has 0 aromatic carbocycles. The van der Waals surface area contributed by atoms with E-state index in [9.17, 15) is 14.4 Å². The standard InChI is InChI=1S/C23H30ClN5O4S/c1-13(2)20-26-28(21(31)16-9-17-15(29(16)20)10-18(24)34-17)12-19(30)25-14-7-6-8-27(11-14)22(32)33-23(3,4)5/h9-10,13-14H,6-8,11-12H2,1-5H3,(H,25,30)/t14-/m1/s1. The summed E-state index contributed by atoms with van der Waals surface area (Å²) in [6.45, 7) is 10.2. The van der Waals surface area contributed by atoms with Crippen LogP contribution in [-0.4, -0.2) is 55.8 Å². The van der Waals surface area contributed by atoms with Gasteiger partial charge < -0.3 is 15.0 Å². The molecule has 0 aliphatic carbocycles. The van der Waals surface area contributed by atoms with Crippen LogP contribution in [0, 0.1) is 0 Å². The number of nitrogens with one attached hydrogen (secondary N) is 1. The van der Waals surface area contributed by atoms with Crippen molar-refractivity contribution in [3.63, 3.8) is 0 Å². The molecular formula is C23H30ClN5O4S. The minimum absolute atomic E-state index is 0.0208. The van der Waals surface area contributed by atoms with Gasteiger partial charge in [0.15, 0.2) is 0 Å². The van der Waals surface area contributed by atoms with Gasteiger partial charge in [-0.2, -0.15) is 5.10 Å². The number of aromatic nitrogens is 3. The Hall–Kier alpha value is -2.59. The predicted octanol–water partition coefficient (Wildman–Crippen LogP) is 4.00. The lowest BCUT2D eigenvalue weighted by Gasteiger charge is -2.34. The van der Waals surface area contributed by atoms with E-state index in [1.54, 1.807) is 11.0 Å². The van der Waals surface area contributed by atoms with Gasteiger partial charge in [-0.3, -0.25) is 14.0 Å². The maximum atomic E-state index is 13.2. The summed E-state index contributed by atoms with van der Waals surface area (Å²) in [6.07, 6.45) is 1.12. The van der Waals surface area contributed by atoms with Crippen LogP contribution in [0.15, 0.2) is 16.9 Å². The minimum atomic E-state index is -0.578. The summed E-state index contributed by atoms with van der Waals surface area (Å²) in [5.74, 6) is 0.383. The highest BCUT2D eigenvalue weighted by Gasteiger charge is 2.28. The van der Waals surface area contributed by atoms with Crippen LogP contribution >= 0.6 is 22.9 Å². The molecule has 0 unspecified atom stereocenters. The van der Waals surface area contributed by atoms with E-state index in [1.807, 2.05) is 45.1 Å². The van der Waals surface area contributed by atoms with Crippen LogP contribution in [0.4, 0.5) is 4.79 Å². The van der Waals surface area contributed by atoms with Crippen LogP contribution < -0.4 is 10.9 Å². The smallest absolute Gasteiger partial charge is 0.410 e. The number of nitrogens with zero attached hydrogens (tertiary/aromatic N) is 4. The Morgan fingerprint density at radius 3 is 2.71 bits per heavy atom. The fourth-order valence-corrected chi connectivity index (χ4v) is 5.35. The highest BCUT2D eigenvalue weighted by molar-refractivity contribution is 7.22. The second-order valence-corrected chi connectivity index (χ2v) is 11.7. The van der Waals surface area contributed by atoms with Crippen molar-refractivity contribution in [3.8, 4) is 0 Å². The lowest BCUT2D eigenvalue weighted by molar-refractivity contribution is -0.123. The van der Waals surface area contributed by atoms with Crippen molar-refractivity contribution >= 4 is 50.7 Å². The number of fused-ring (bicyclic) bond motifs is 3. The number of amides is 2. The normalized spacial score (nSPS) is 17.0.